The number of carbonyl (C=O) groups is 1. The average Bonchev–Trinajstić information content (AvgIpc) is 2.39. The number of benzene rings is 1. The third-order valence-corrected chi connectivity index (χ3v) is 2.73. The Kier molecular flexibility index (Phi) is 6.15. The zero-order valence-corrected chi connectivity index (χ0v) is 11.6. The molecular formula is C14H21NO4. The van der Waals surface area contributed by atoms with E-state index in [0.717, 1.165) is 12.0 Å². The Balaban J connectivity index is 3.04. The zero-order valence-electron chi connectivity index (χ0n) is 11.6. The molecule has 0 aromatic heterocycles. The number of hydrogen-bond acceptors (Lipinski definition) is 4. The molecule has 1 aromatic rings. The Morgan fingerprint density at radius 3 is 2.74 bits per heavy atom. The fourth-order valence-corrected chi connectivity index (χ4v) is 1.82. The first-order valence-corrected chi connectivity index (χ1v) is 6.34. The van der Waals surface area contributed by atoms with Gasteiger partial charge in [-0.2, -0.15) is 0 Å². The minimum absolute atomic E-state index is 0.465. The van der Waals surface area contributed by atoms with Gasteiger partial charge < -0.3 is 19.9 Å². The van der Waals surface area contributed by atoms with Crippen molar-refractivity contribution in [1.82, 2.24) is 5.32 Å². The SMILES string of the molecule is CCCC(Oc1c(CNC)cccc1OC)C(=O)O. The molecule has 19 heavy (non-hydrogen) atoms. The topological polar surface area (TPSA) is 67.8 Å². The molecule has 5 nitrogen and oxygen atoms in total. The van der Waals surface area contributed by atoms with Crippen LogP contribution in [0.5, 0.6) is 11.5 Å². The van der Waals surface area contributed by atoms with Gasteiger partial charge in [0.05, 0.1) is 7.11 Å². The molecular weight excluding hydrogens is 246 g/mol. The van der Waals surface area contributed by atoms with Gasteiger partial charge in [-0.1, -0.05) is 25.5 Å². The first-order valence-electron chi connectivity index (χ1n) is 6.34. The van der Waals surface area contributed by atoms with Crippen LogP contribution in [0.25, 0.3) is 0 Å². The number of rotatable bonds is 8. The van der Waals surface area contributed by atoms with Gasteiger partial charge in [-0.3, -0.25) is 0 Å². The Morgan fingerprint density at radius 1 is 1.47 bits per heavy atom. The van der Waals surface area contributed by atoms with Crippen LogP contribution in [-0.4, -0.2) is 31.3 Å². The largest absolute Gasteiger partial charge is 0.493 e. The maximum absolute atomic E-state index is 11.2. The lowest BCUT2D eigenvalue weighted by molar-refractivity contribution is -0.145. The number of methoxy groups -OCH3 is 1. The summed E-state index contributed by atoms with van der Waals surface area (Å²) in [6.45, 7) is 2.51. The molecule has 0 aliphatic heterocycles. The Hall–Kier alpha value is -1.75. The van der Waals surface area contributed by atoms with E-state index in [9.17, 15) is 4.79 Å². The standard InChI is InChI=1S/C14H21NO4/c1-4-6-12(14(16)17)19-13-10(9-15-2)7-5-8-11(13)18-3/h5,7-8,12,15H,4,6,9H2,1-3H3,(H,16,17). The molecule has 1 unspecified atom stereocenters. The van der Waals surface area contributed by atoms with Crippen molar-refractivity contribution in [3.05, 3.63) is 23.8 Å². The summed E-state index contributed by atoms with van der Waals surface area (Å²) in [5.41, 5.74) is 0.879. The van der Waals surface area contributed by atoms with Gasteiger partial charge >= 0.3 is 5.97 Å². The van der Waals surface area contributed by atoms with Crippen molar-refractivity contribution in [1.29, 1.82) is 0 Å². The molecule has 2 N–H and O–H groups in total. The lowest BCUT2D eigenvalue weighted by Crippen LogP contribution is -2.27. The van der Waals surface area contributed by atoms with Crippen LogP contribution in [0.1, 0.15) is 25.3 Å². The molecule has 0 bridgehead atoms. The highest BCUT2D eigenvalue weighted by molar-refractivity contribution is 5.73. The highest BCUT2D eigenvalue weighted by Gasteiger charge is 2.21. The molecule has 5 heteroatoms. The van der Waals surface area contributed by atoms with Crippen LogP contribution >= 0.6 is 0 Å². The number of carboxylic acid groups (broad SMARTS) is 1. The summed E-state index contributed by atoms with van der Waals surface area (Å²) in [4.78, 5) is 11.2. The normalized spacial score (nSPS) is 11.9. The zero-order chi connectivity index (χ0) is 14.3. The van der Waals surface area contributed by atoms with E-state index in [2.05, 4.69) is 5.32 Å². The second kappa shape index (κ2) is 7.63. The second-order valence-electron chi connectivity index (χ2n) is 4.21. The van der Waals surface area contributed by atoms with E-state index >= 15 is 0 Å². The van der Waals surface area contributed by atoms with Crippen molar-refractivity contribution in [2.45, 2.75) is 32.4 Å². The molecule has 106 valence electrons. The number of nitrogens with one attached hydrogen (secondary N) is 1. The molecule has 0 radical (unpaired) electrons. The molecule has 0 saturated heterocycles. The van der Waals surface area contributed by atoms with E-state index in [1.807, 2.05) is 26.1 Å². The van der Waals surface area contributed by atoms with Crippen molar-refractivity contribution in [2.24, 2.45) is 0 Å². The molecule has 0 amide bonds. The van der Waals surface area contributed by atoms with Crippen LogP contribution in [-0.2, 0) is 11.3 Å². The van der Waals surface area contributed by atoms with Crippen molar-refractivity contribution < 1.29 is 19.4 Å². The molecule has 0 saturated carbocycles. The van der Waals surface area contributed by atoms with Crippen molar-refractivity contribution in [3.63, 3.8) is 0 Å². The monoisotopic (exact) mass is 267 g/mol. The van der Waals surface area contributed by atoms with E-state index in [0.29, 0.717) is 24.5 Å². The number of hydrogen-bond donors (Lipinski definition) is 2. The van der Waals surface area contributed by atoms with Crippen molar-refractivity contribution >= 4 is 5.97 Å². The maximum atomic E-state index is 11.2. The van der Waals surface area contributed by atoms with Crippen LogP contribution in [0.15, 0.2) is 18.2 Å². The van der Waals surface area contributed by atoms with Gasteiger partial charge in [0.15, 0.2) is 17.6 Å². The van der Waals surface area contributed by atoms with E-state index < -0.39 is 12.1 Å². The van der Waals surface area contributed by atoms with E-state index in [4.69, 9.17) is 14.6 Å². The summed E-state index contributed by atoms with van der Waals surface area (Å²) < 4.78 is 10.9. The lowest BCUT2D eigenvalue weighted by atomic mass is 10.1. The minimum Gasteiger partial charge on any atom is -0.493 e. The van der Waals surface area contributed by atoms with Gasteiger partial charge in [-0.05, 0) is 19.5 Å². The van der Waals surface area contributed by atoms with Crippen LogP contribution in [0, 0.1) is 0 Å². The molecule has 1 aromatic carbocycles. The average molecular weight is 267 g/mol. The summed E-state index contributed by atoms with van der Waals surface area (Å²) in [5.74, 6) is 0.0958. The minimum atomic E-state index is -0.955. The van der Waals surface area contributed by atoms with Gasteiger partial charge in [-0.25, -0.2) is 4.79 Å². The van der Waals surface area contributed by atoms with Gasteiger partial charge in [0.1, 0.15) is 0 Å². The molecule has 0 heterocycles. The number of para-hydroxylation sites is 1. The first kappa shape index (κ1) is 15.3. The quantitative estimate of drug-likeness (QED) is 0.754. The Labute approximate surface area is 113 Å². The third kappa shape index (κ3) is 4.13. The van der Waals surface area contributed by atoms with Gasteiger partial charge in [0.2, 0.25) is 0 Å². The lowest BCUT2D eigenvalue weighted by Gasteiger charge is -2.19. The molecule has 1 rings (SSSR count). The van der Waals surface area contributed by atoms with Crippen LogP contribution in [0.3, 0.4) is 0 Å². The summed E-state index contributed by atoms with van der Waals surface area (Å²) in [6.07, 6.45) is 0.358. The van der Waals surface area contributed by atoms with Gasteiger partial charge in [-0.15, -0.1) is 0 Å². The molecule has 0 aliphatic carbocycles. The number of aliphatic carboxylic acids is 1. The summed E-state index contributed by atoms with van der Waals surface area (Å²) >= 11 is 0. The fourth-order valence-electron chi connectivity index (χ4n) is 1.82. The van der Waals surface area contributed by atoms with Crippen molar-refractivity contribution in [3.8, 4) is 11.5 Å². The third-order valence-electron chi connectivity index (χ3n) is 2.73. The Morgan fingerprint density at radius 2 is 2.21 bits per heavy atom. The van der Waals surface area contributed by atoms with E-state index in [-0.39, 0.29) is 0 Å². The molecule has 0 aliphatic rings. The summed E-state index contributed by atoms with van der Waals surface area (Å²) in [6, 6.07) is 5.51. The summed E-state index contributed by atoms with van der Waals surface area (Å²) in [7, 11) is 3.37. The van der Waals surface area contributed by atoms with Crippen LogP contribution in [0.4, 0.5) is 0 Å². The highest BCUT2D eigenvalue weighted by Crippen LogP contribution is 2.32. The van der Waals surface area contributed by atoms with E-state index in [1.54, 1.807) is 13.2 Å². The Bertz CT molecular complexity index is 420. The fraction of sp³-hybridized carbons (Fsp3) is 0.500. The molecule has 0 spiro atoms. The predicted octanol–water partition coefficient (Wildman–Crippen LogP) is 2.05. The first-order chi connectivity index (χ1) is 9.13. The van der Waals surface area contributed by atoms with Gasteiger partial charge in [0.25, 0.3) is 0 Å². The highest BCUT2D eigenvalue weighted by atomic mass is 16.5. The number of carboxylic acids is 1. The smallest absolute Gasteiger partial charge is 0.344 e. The van der Waals surface area contributed by atoms with Crippen LogP contribution in [0.2, 0.25) is 0 Å². The second-order valence-corrected chi connectivity index (χ2v) is 4.21. The predicted molar refractivity (Wildman–Crippen MR) is 72.7 cm³/mol. The summed E-state index contributed by atoms with van der Waals surface area (Å²) in [5, 5.41) is 12.2. The molecule has 0 fully saturated rings. The number of ether oxygens (including phenoxy) is 2. The van der Waals surface area contributed by atoms with Gasteiger partial charge in [0, 0.05) is 12.1 Å². The maximum Gasteiger partial charge on any atom is 0.344 e. The molecule has 1 atom stereocenters. The van der Waals surface area contributed by atoms with E-state index in [1.165, 1.54) is 0 Å². The van der Waals surface area contributed by atoms with Crippen LogP contribution < -0.4 is 14.8 Å². The van der Waals surface area contributed by atoms with Crippen molar-refractivity contribution in [2.75, 3.05) is 14.2 Å².